The minimum Gasteiger partial charge on any atom is -0.395 e. The number of aryl methyl sites for hydroxylation is 3. The van der Waals surface area contributed by atoms with Crippen LogP contribution in [0.3, 0.4) is 0 Å². The quantitative estimate of drug-likeness (QED) is 0.905. The highest BCUT2D eigenvalue weighted by molar-refractivity contribution is 9.10. The third-order valence-corrected chi connectivity index (χ3v) is 3.77. The molecule has 1 aromatic heterocycles. The summed E-state index contributed by atoms with van der Waals surface area (Å²) in [7, 11) is 1.72. The average Bonchev–Trinajstić information content (AvgIpc) is 2.68. The molecule has 0 saturated carbocycles. The van der Waals surface area contributed by atoms with Crippen molar-refractivity contribution < 1.29 is 4.79 Å². The summed E-state index contributed by atoms with van der Waals surface area (Å²) in [4.78, 5) is 12.4. The van der Waals surface area contributed by atoms with E-state index < -0.39 is 0 Å². The lowest BCUT2D eigenvalue weighted by molar-refractivity contribution is 0.101. The summed E-state index contributed by atoms with van der Waals surface area (Å²) >= 11 is 3.42. The summed E-state index contributed by atoms with van der Waals surface area (Å²) in [6.45, 7) is 3.92. The summed E-state index contributed by atoms with van der Waals surface area (Å²) in [5.74, 6) is -0.261. The molecule has 0 aliphatic heterocycles. The first-order valence-electron chi connectivity index (χ1n) is 6.32. The normalized spacial score (nSPS) is 10.6. The predicted molar refractivity (Wildman–Crippen MR) is 83.8 cm³/mol. The fraction of sp³-hybridized carbons (Fsp3) is 0.286. The van der Waals surface area contributed by atoms with E-state index in [0.717, 1.165) is 15.7 Å². The molecule has 0 radical (unpaired) electrons. The summed E-state index contributed by atoms with van der Waals surface area (Å²) in [5, 5.41) is 7.11. The Hall–Kier alpha value is -1.82. The van der Waals surface area contributed by atoms with Gasteiger partial charge in [0.25, 0.3) is 5.91 Å². The van der Waals surface area contributed by atoms with Gasteiger partial charge in [0.05, 0.1) is 17.1 Å². The van der Waals surface area contributed by atoms with Crippen LogP contribution in [0.25, 0.3) is 0 Å². The fourth-order valence-electron chi connectivity index (χ4n) is 2.04. The van der Waals surface area contributed by atoms with Gasteiger partial charge >= 0.3 is 0 Å². The molecule has 106 valence electrons. The predicted octanol–water partition coefficient (Wildman–Crippen LogP) is 2.89. The van der Waals surface area contributed by atoms with Gasteiger partial charge in [-0.25, -0.2) is 0 Å². The van der Waals surface area contributed by atoms with Gasteiger partial charge in [0, 0.05) is 11.5 Å². The number of carbonyl (C=O) groups is 1. The van der Waals surface area contributed by atoms with Crippen LogP contribution in [0.1, 0.15) is 28.7 Å². The second-order valence-corrected chi connectivity index (χ2v) is 5.48. The topological polar surface area (TPSA) is 72.9 Å². The number of nitrogens with zero attached hydrogens (tertiary/aromatic N) is 2. The molecule has 3 N–H and O–H groups in total. The Morgan fingerprint density at radius 1 is 1.50 bits per heavy atom. The Balaban J connectivity index is 2.33. The lowest BCUT2D eigenvalue weighted by Gasteiger charge is -2.09. The van der Waals surface area contributed by atoms with Gasteiger partial charge in [0.2, 0.25) is 0 Å². The second kappa shape index (κ2) is 5.66. The number of carbonyl (C=O) groups excluding carboxylic acids is 1. The molecule has 0 unspecified atom stereocenters. The lowest BCUT2D eigenvalue weighted by Crippen LogP contribution is -2.18. The van der Waals surface area contributed by atoms with Gasteiger partial charge in [0.15, 0.2) is 0 Å². The molecule has 5 nitrogen and oxygen atoms in total. The molecule has 2 rings (SSSR count). The number of hydrogen-bond acceptors (Lipinski definition) is 3. The lowest BCUT2D eigenvalue weighted by atomic mass is 10.2. The van der Waals surface area contributed by atoms with Crippen LogP contribution in [0.15, 0.2) is 22.7 Å². The van der Waals surface area contributed by atoms with Crippen LogP contribution >= 0.6 is 15.9 Å². The summed E-state index contributed by atoms with van der Waals surface area (Å²) in [6.07, 6.45) is 0.696. The number of amides is 1. The fourth-order valence-corrected chi connectivity index (χ4v) is 2.39. The third kappa shape index (κ3) is 2.70. The highest BCUT2D eigenvalue weighted by atomic mass is 79.9. The monoisotopic (exact) mass is 336 g/mol. The van der Waals surface area contributed by atoms with Crippen molar-refractivity contribution in [2.75, 3.05) is 11.1 Å². The molecule has 6 heteroatoms. The molecule has 0 saturated heterocycles. The SMILES string of the molecule is CCc1nn(C)c(C(=O)Nc2cc(C)ccc2Br)c1N. The Morgan fingerprint density at radius 2 is 2.20 bits per heavy atom. The minimum atomic E-state index is -0.261. The summed E-state index contributed by atoms with van der Waals surface area (Å²) in [6, 6.07) is 5.76. The van der Waals surface area contributed by atoms with Crippen LogP contribution in [0.2, 0.25) is 0 Å². The number of rotatable bonds is 3. The van der Waals surface area contributed by atoms with Gasteiger partial charge in [-0.3, -0.25) is 9.48 Å². The zero-order valence-electron chi connectivity index (χ0n) is 11.7. The largest absolute Gasteiger partial charge is 0.395 e. The molecule has 1 aromatic carbocycles. The van der Waals surface area contributed by atoms with Crippen molar-refractivity contribution in [3.8, 4) is 0 Å². The van der Waals surface area contributed by atoms with E-state index >= 15 is 0 Å². The summed E-state index contributed by atoms with van der Waals surface area (Å²) in [5.41, 5.74) is 9.33. The van der Waals surface area contributed by atoms with Crippen LogP contribution in [0, 0.1) is 6.92 Å². The zero-order valence-corrected chi connectivity index (χ0v) is 13.3. The Kier molecular flexibility index (Phi) is 4.13. The third-order valence-electron chi connectivity index (χ3n) is 3.08. The maximum absolute atomic E-state index is 12.4. The van der Waals surface area contributed by atoms with Crippen LogP contribution in [-0.4, -0.2) is 15.7 Å². The number of nitrogen functional groups attached to an aromatic ring is 1. The van der Waals surface area contributed by atoms with Crippen molar-refractivity contribution in [3.63, 3.8) is 0 Å². The first kappa shape index (κ1) is 14.6. The highest BCUT2D eigenvalue weighted by Crippen LogP contribution is 2.25. The maximum Gasteiger partial charge on any atom is 0.276 e. The van der Waals surface area contributed by atoms with Crippen molar-refractivity contribution in [2.24, 2.45) is 7.05 Å². The molecule has 0 bridgehead atoms. The number of anilines is 2. The first-order valence-corrected chi connectivity index (χ1v) is 7.12. The Labute approximate surface area is 126 Å². The van der Waals surface area contributed by atoms with E-state index in [1.54, 1.807) is 7.05 Å². The van der Waals surface area contributed by atoms with Crippen LogP contribution < -0.4 is 11.1 Å². The van der Waals surface area contributed by atoms with Crippen molar-refractivity contribution >= 4 is 33.2 Å². The highest BCUT2D eigenvalue weighted by Gasteiger charge is 2.19. The molecule has 1 amide bonds. The number of hydrogen-bond donors (Lipinski definition) is 2. The number of benzene rings is 1. The summed E-state index contributed by atoms with van der Waals surface area (Å²) < 4.78 is 2.35. The molecule has 2 aromatic rings. The van der Waals surface area contributed by atoms with Crippen LogP contribution in [0.4, 0.5) is 11.4 Å². The van der Waals surface area contributed by atoms with Crippen molar-refractivity contribution in [2.45, 2.75) is 20.3 Å². The molecule has 0 fully saturated rings. The smallest absolute Gasteiger partial charge is 0.276 e. The van der Waals surface area contributed by atoms with Gasteiger partial charge < -0.3 is 11.1 Å². The minimum absolute atomic E-state index is 0.261. The Bertz CT molecular complexity index is 663. The molecule has 0 aliphatic rings. The zero-order chi connectivity index (χ0) is 14.9. The van der Waals surface area contributed by atoms with Crippen molar-refractivity contribution in [3.05, 3.63) is 39.6 Å². The first-order chi connectivity index (χ1) is 9.43. The van der Waals surface area contributed by atoms with Gasteiger partial charge in [-0.2, -0.15) is 5.10 Å². The maximum atomic E-state index is 12.4. The standard InChI is InChI=1S/C14H17BrN4O/c1-4-10-12(16)13(19(3)18-10)14(20)17-11-7-8(2)5-6-9(11)15/h5-7H,4,16H2,1-3H3,(H,17,20). The molecule has 0 spiro atoms. The van der Waals surface area contributed by atoms with E-state index in [0.29, 0.717) is 23.5 Å². The molecule has 1 heterocycles. The van der Waals surface area contributed by atoms with Crippen molar-refractivity contribution in [1.82, 2.24) is 9.78 Å². The second-order valence-electron chi connectivity index (χ2n) is 4.62. The Morgan fingerprint density at radius 3 is 2.80 bits per heavy atom. The van der Waals surface area contributed by atoms with E-state index in [1.165, 1.54) is 4.68 Å². The number of halogens is 1. The van der Waals surface area contributed by atoms with E-state index in [9.17, 15) is 4.79 Å². The van der Waals surface area contributed by atoms with E-state index in [4.69, 9.17) is 5.73 Å². The van der Waals surface area contributed by atoms with E-state index in [1.807, 2.05) is 32.0 Å². The number of aromatic nitrogens is 2. The van der Waals surface area contributed by atoms with Crippen LogP contribution in [0.5, 0.6) is 0 Å². The molecule has 0 aliphatic carbocycles. The average molecular weight is 337 g/mol. The van der Waals surface area contributed by atoms with E-state index in [2.05, 4.69) is 26.3 Å². The molecular weight excluding hydrogens is 320 g/mol. The number of nitrogens with two attached hydrogens (primary N) is 1. The van der Waals surface area contributed by atoms with Gasteiger partial charge in [-0.1, -0.05) is 13.0 Å². The number of nitrogens with one attached hydrogen (secondary N) is 1. The van der Waals surface area contributed by atoms with Gasteiger partial charge in [-0.05, 0) is 47.0 Å². The van der Waals surface area contributed by atoms with Crippen molar-refractivity contribution in [1.29, 1.82) is 0 Å². The molecule has 0 atom stereocenters. The molecular formula is C14H17BrN4O. The van der Waals surface area contributed by atoms with Crippen LogP contribution in [-0.2, 0) is 13.5 Å². The van der Waals surface area contributed by atoms with Gasteiger partial charge in [-0.15, -0.1) is 0 Å². The van der Waals surface area contributed by atoms with E-state index in [-0.39, 0.29) is 5.91 Å². The van der Waals surface area contributed by atoms with Gasteiger partial charge in [0.1, 0.15) is 5.69 Å². The molecule has 20 heavy (non-hydrogen) atoms.